The first-order valence-electron chi connectivity index (χ1n) is 6.13. The fourth-order valence-electron chi connectivity index (χ4n) is 3.02. The minimum absolute atomic E-state index is 0.518. The molecule has 0 spiro atoms. The molecule has 80 valence electrons. The Hall–Kier alpha value is -0.820. The molecular weight excluding hydrogens is 182 g/mol. The van der Waals surface area contributed by atoms with Crippen LogP contribution in [0, 0.1) is 11.8 Å². The fraction of sp³-hybridized carbons (Fsp3) is 0.571. The molecular formula is C14H19N. The minimum Gasteiger partial charge on any atom is -0.328 e. The number of hydrogen-bond donors (Lipinski definition) is 1. The molecule has 2 saturated carbocycles. The second-order valence-electron chi connectivity index (χ2n) is 5.35. The quantitative estimate of drug-likeness (QED) is 0.799. The van der Waals surface area contributed by atoms with E-state index in [-0.39, 0.29) is 0 Å². The van der Waals surface area contributed by atoms with E-state index in [1.165, 1.54) is 25.7 Å². The summed E-state index contributed by atoms with van der Waals surface area (Å²) in [7, 11) is 0. The van der Waals surface area contributed by atoms with Gasteiger partial charge in [-0.1, -0.05) is 30.3 Å². The average Bonchev–Trinajstić information content (AvgIpc) is 2.96. The van der Waals surface area contributed by atoms with Gasteiger partial charge in [-0.3, -0.25) is 0 Å². The van der Waals surface area contributed by atoms with Gasteiger partial charge in [-0.15, -0.1) is 0 Å². The Labute approximate surface area is 91.7 Å². The fourth-order valence-corrected chi connectivity index (χ4v) is 3.02. The lowest BCUT2D eigenvalue weighted by atomic mass is 9.77. The van der Waals surface area contributed by atoms with Gasteiger partial charge in [0.25, 0.3) is 0 Å². The molecule has 2 aliphatic rings. The second kappa shape index (κ2) is 3.64. The molecule has 0 radical (unpaired) electrons. The van der Waals surface area contributed by atoms with Crippen LogP contribution in [0.25, 0.3) is 0 Å². The maximum absolute atomic E-state index is 5.81. The monoisotopic (exact) mass is 201 g/mol. The smallest absolute Gasteiger partial charge is 0.00441 e. The number of hydrogen-bond acceptors (Lipinski definition) is 1. The lowest BCUT2D eigenvalue weighted by Gasteiger charge is -2.32. The van der Waals surface area contributed by atoms with E-state index < -0.39 is 0 Å². The van der Waals surface area contributed by atoms with Crippen molar-refractivity contribution in [2.24, 2.45) is 17.6 Å². The predicted octanol–water partition coefficient (Wildman–Crippen LogP) is 2.92. The molecule has 0 bridgehead atoms. The number of benzene rings is 1. The van der Waals surface area contributed by atoms with Gasteiger partial charge in [-0.05, 0) is 49.0 Å². The summed E-state index contributed by atoms with van der Waals surface area (Å²) in [5.74, 6) is 2.77. The minimum atomic E-state index is 0.518. The molecule has 0 unspecified atom stereocenters. The average molecular weight is 201 g/mol. The molecule has 1 heteroatoms. The summed E-state index contributed by atoms with van der Waals surface area (Å²) in [6, 6.07) is 11.5. The molecule has 1 aromatic rings. The van der Waals surface area contributed by atoms with Gasteiger partial charge < -0.3 is 5.73 Å². The maximum Gasteiger partial charge on any atom is 0.00441 e. The molecule has 2 N–H and O–H groups in total. The lowest BCUT2D eigenvalue weighted by molar-refractivity contribution is 0.238. The van der Waals surface area contributed by atoms with Crippen molar-refractivity contribution < 1.29 is 0 Å². The van der Waals surface area contributed by atoms with Crippen LogP contribution < -0.4 is 5.73 Å². The molecule has 0 saturated heterocycles. The summed E-state index contributed by atoms with van der Waals surface area (Å²) >= 11 is 0. The zero-order chi connectivity index (χ0) is 10.3. The summed E-state index contributed by atoms with van der Waals surface area (Å²) in [4.78, 5) is 0. The summed E-state index contributed by atoms with van der Waals surface area (Å²) in [6.45, 7) is 0. The van der Waals surface area contributed by atoms with Gasteiger partial charge in [0.1, 0.15) is 0 Å². The van der Waals surface area contributed by atoms with Gasteiger partial charge in [-0.25, -0.2) is 0 Å². The maximum atomic E-state index is 5.81. The first-order valence-corrected chi connectivity index (χ1v) is 6.13. The zero-order valence-corrected chi connectivity index (χ0v) is 9.10. The van der Waals surface area contributed by atoms with Crippen LogP contribution in [0.3, 0.4) is 0 Å². The van der Waals surface area contributed by atoms with Gasteiger partial charge >= 0.3 is 0 Å². The van der Waals surface area contributed by atoms with Gasteiger partial charge in [-0.2, -0.15) is 0 Å². The van der Waals surface area contributed by atoms with Crippen molar-refractivity contribution in [2.75, 3.05) is 0 Å². The van der Waals surface area contributed by atoms with Crippen LogP contribution in [0.15, 0.2) is 30.3 Å². The molecule has 15 heavy (non-hydrogen) atoms. The van der Waals surface area contributed by atoms with Crippen LogP contribution >= 0.6 is 0 Å². The normalized spacial score (nSPS) is 38.5. The topological polar surface area (TPSA) is 26.0 Å². The second-order valence-corrected chi connectivity index (χ2v) is 5.35. The van der Waals surface area contributed by atoms with E-state index in [2.05, 4.69) is 30.3 Å². The Morgan fingerprint density at radius 3 is 2.47 bits per heavy atom. The Morgan fingerprint density at radius 1 is 1.07 bits per heavy atom. The SMILES string of the molecule is NC1CC(C[C@H]2C[C@@H]2c2ccccc2)C1. The predicted molar refractivity (Wildman–Crippen MR) is 62.6 cm³/mol. The van der Waals surface area contributed by atoms with Crippen LogP contribution in [-0.4, -0.2) is 6.04 Å². The Morgan fingerprint density at radius 2 is 1.80 bits per heavy atom. The van der Waals surface area contributed by atoms with Crippen molar-refractivity contribution in [2.45, 2.75) is 37.6 Å². The van der Waals surface area contributed by atoms with Crippen molar-refractivity contribution >= 4 is 0 Å². The third-order valence-corrected chi connectivity index (χ3v) is 4.06. The molecule has 0 aliphatic heterocycles. The van der Waals surface area contributed by atoms with Crippen molar-refractivity contribution in [3.63, 3.8) is 0 Å². The van der Waals surface area contributed by atoms with Crippen molar-refractivity contribution in [1.29, 1.82) is 0 Å². The highest BCUT2D eigenvalue weighted by molar-refractivity contribution is 5.25. The van der Waals surface area contributed by atoms with E-state index in [1.54, 1.807) is 5.56 Å². The Kier molecular flexibility index (Phi) is 2.28. The van der Waals surface area contributed by atoms with E-state index in [0.29, 0.717) is 6.04 Å². The highest BCUT2D eigenvalue weighted by Gasteiger charge is 2.41. The largest absolute Gasteiger partial charge is 0.328 e. The van der Waals surface area contributed by atoms with Crippen molar-refractivity contribution in [3.8, 4) is 0 Å². The number of rotatable bonds is 3. The molecule has 2 fully saturated rings. The molecule has 0 amide bonds. The molecule has 1 aromatic carbocycles. The number of nitrogens with two attached hydrogens (primary N) is 1. The molecule has 0 aromatic heterocycles. The van der Waals surface area contributed by atoms with E-state index in [0.717, 1.165) is 17.8 Å². The van der Waals surface area contributed by atoms with Gasteiger partial charge in [0.15, 0.2) is 0 Å². The lowest BCUT2D eigenvalue weighted by Crippen LogP contribution is -2.36. The first-order chi connectivity index (χ1) is 7.33. The Balaban J connectivity index is 1.52. The molecule has 2 aliphatic carbocycles. The van der Waals surface area contributed by atoms with E-state index >= 15 is 0 Å². The van der Waals surface area contributed by atoms with Crippen LogP contribution in [0.5, 0.6) is 0 Å². The Bertz CT molecular complexity index is 326. The highest BCUT2D eigenvalue weighted by Crippen LogP contribution is 2.52. The van der Waals surface area contributed by atoms with Crippen LogP contribution in [-0.2, 0) is 0 Å². The zero-order valence-electron chi connectivity index (χ0n) is 9.10. The summed E-state index contributed by atoms with van der Waals surface area (Å²) < 4.78 is 0. The van der Waals surface area contributed by atoms with Gasteiger partial charge in [0.2, 0.25) is 0 Å². The summed E-state index contributed by atoms with van der Waals surface area (Å²) in [5.41, 5.74) is 7.36. The van der Waals surface area contributed by atoms with Gasteiger partial charge in [0, 0.05) is 6.04 Å². The van der Waals surface area contributed by atoms with Crippen LogP contribution in [0.4, 0.5) is 0 Å². The van der Waals surface area contributed by atoms with Crippen LogP contribution in [0.2, 0.25) is 0 Å². The molecule has 3 rings (SSSR count). The summed E-state index contributed by atoms with van der Waals surface area (Å²) in [6.07, 6.45) is 5.39. The molecule has 1 nitrogen and oxygen atoms in total. The standard InChI is InChI=1S/C14H19N/c15-13-7-10(8-13)6-12-9-14(12)11-4-2-1-3-5-11/h1-5,10,12-14H,6-9,15H2/t10?,12-,13?,14+/m0/s1. The van der Waals surface area contributed by atoms with Crippen molar-refractivity contribution in [3.05, 3.63) is 35.9 Å². The third-order valence-electron chi connectivity index (χ3n) is 4.06. The third kappa shape index (κ3) is 1.93. The highest BCUT2D eigenvalue weighted by atomic mass is 14.7. The van der Waals surface area contributed by atoms with E-state index in [4.69, 9.17) is 5.73 Å². The molecule has 2 atom stereocenters. The van der Waals surface area contributed by atoms with E-state index in [9.17, 15) is 0 Å². The van der Waals surface area contributed by atoms with Gasteiger partial charge in [0.05, 0.1) is 0 Å². The first kappa shape index (κ1) is 9.41. The summed E-state index contributed by atoms with van der Waals surface area (Å²) in [5, 5.41) is 0. The van der Waals surface area contributed by atoms with E-state index in [1.807, 2.05) is 0 Å². The molecule has 0 heterocycles. The van der Waals surface area contributed by atoms with Crippen molar-refractivity contribution in [1.82, 2.24) is 0 Å². The van der Waals surface area contributed by atoms with Crippen LogP contribution in [0.1, 0.15) is 37.2 Å².